The molecule has 6 aromatic carbocycles. The normalized spacial score (nSPS) is 13.3. The summed E-state index contributed by atoms with van der Waals surface area (Å²) in [6, 6.07) is 49.5. The molecule has 3 aliphatic rings. The van der Waals surface area contributed by atoms with Gasteiger partial charge in [0.25, 0.3) is 6.71 Å². The fourth-order valence-corrected chi connectivity index (χ4v) is 10.0. The van der Waals surface area contributed by atoms with Gasteiger partial charge in [0.2, 0.25) is 0 Å². The summed E-state index contributed by atoms with van der Waals surface area (Å²) in [5, 5.41) is 0. The lowest BCUT2D eigenvalue weighted by molar-refractivity contribution is 0.667. The third-order valence-corrected chi connectivity index (χ3v) is 13.0. The second-order valence-corrected chi connectivity index (χ2v) is 17.0. The van der Waals surface area contributed by atoms with Gasteiger partial charge in [-0.05, 0) is 144 Å². The zero-order chi connectivity index (χ0) is 39.4. The van der Waals surface area contributed by atoms with Crippen molar-refractivity contribution in [2.75, 3.05) is 14.7 Å². The number of nitrogens with zero attached hydrogens (tertiary/aromatic N) is 3. The lowest BCUT2D eigenvalue weighted by Crippen LogP contribution is -2.64. The average molecular weight is 762 g/mol. The highest BCUT2D eigenvalue weighted by atomic mass is 15.2. The van der Waals surface area contributed by atoms with E-state index in [0.29, 0.717) is 0 Å². The molecule has 294 valence electrons. The van der Waals surface area contributed by atoms with Crippen LogP contribution in [-0.4, -0.2) is 6.71 Å². The number of anilines is 9. The van der Waals surface area contributed by atoms with Gasteiger partial charge in [-0.3, -0.25) is 0 Å². The molecule has 0 aliphatic carbocycles. The first-order valence-corrected chi connectivity index (χ1v) is 22.8. The van der Waals surface area contributed by atoms with Crippen LogP contribution in [0, 0.1) is 0 Å². The van der Waals surface area contributed by atoms with E-state index < -0.39 is 0 Å². The third-order valence-electron chi connectivity index (χ3n) is 13.0. The summed E-state index contributed by atoms with van der Waals surface area (Å²) in [5.74, 6) is 0. The molecule has 0 aromatic heterocycles. The minimum Gasteiger partial charge on any atom is -0.311 e. The molecule has 3 aliphatic heterocycles. The van der Waals surface area contributed by atoms with E-state index in [9.17, 15) is 0 Å². The van der Waals surface area contributed by atoms with Crippen molar-refractivity contribution in [3.05, 3.63) is 144 Å². The molecule has 0 saturated heterocycles. The van der Waals surface area contributed by atoms with Gasteiger partial charge in [0.05, 0.1) is 0 Å². The molecule has 58 heavy (non-hydrogen) atoms. The summed E-state index contributed by atoms with van der Waals surface area (Å²) in [7, 11) is 0. The van der Waals surface area contributed by atoms with E-state index in [1.54, 1.807) is 0 Å². The van der Waals surface area contributed by atoms with Crippen molar-refractivity contribution in [2.24, 2.45) is 0 Å². The topological polar surface area (TPSA) is 9.72 Å². The molecule has 3 nitrogen and oxygen atoms in total. The highest BCUT2D eigenvalue weighted by Gasteiger charge is 2.49. The number of hydrogen-bond donors (Lipinski definition) is 0. The van der Waals surface area contributed by atoms with Gasteiger partial charge in [-0.1, -0.05) is 133 Å². The van der Waals surface area contributed by atoms with E-state index >= 15 is 0 Å². The highest BCUT2D eigenvalue weighted by Crippen LogP contribution is 2.49. The van der Waals surface area contributed by atoms with E-state index in [-0.39, 0.29) is 6.71 Å². The van der Waals surface area contributed by atoms with Crippen LogP contribution in [-0.2, 0) is 19.3 Å². The molecule has 3 heterocycles. The Morgan fingerprint density at radius 2 is 0.569 bits per heavy atom. The monoisotopic (exact) mass is 761 g/mol. The second-order valence-electron chi connectivity index (χ2n) is 17.0. The van der Waals surface area contributed by atoms with Crippen LogP contribution < -0.4 is 31.1 Å². The molecule has 0 N–H and O–H groups in total. The summed E-state index contributed by atoms with van der Waals surface area (Å²) in [4.78, 5) is 7.68. The maximum atomic E-state index is 2.56. The number of aryl methyl sites for hydroxylation is 3. The molecule has 0 saturated carbocycles. The van der Waals surface area contributed by atoms with Gasteiger partial charge in [0, 0.05) is 51.2 Å². The maximum absolute atomic E-state index is 2.56. The van der Waals surface area contributed by atoms with E-state index in [4.69, 9.17) is 0 Å². The smallest absolute Gasteiger partial charge is 0.257 e. The Balaban J connectivity index is 1.18. The van der Waals surface area contributed by atoms with Crippen molar-refractivity contribution in [1.29, 1.82) is 0 Å². The minimum absolute atomic E-state index is 0.126. The Bertz CT molecular complexity index is 2000. The average Bonchev–Trinajstić information content (AvgIpc) is 3.27. The molecule has 6 aromatic rings. The fraction of sp³-hybridized carbons (Fsp3) is 0.333. The Morgan fingerprint density at radius 1 is 0.310 bits per heavy atom. The summed E-state index contributed by atoms with van der Waals surface area (Å²) in [5.41, 5.74) is 19.8. The number of hydrogen-bond acceptors (Lipinski definition) is 3. The second kappa shape index (κ2) is 17.3. The zero-order valence-corrected chi connectivity index (χ0v) is 35.1. The van der Waals surface area contributed by atoms with Gasteiger partial charge in [-0.25, -0.2) is 0 Å². The third kappa shape index (κ3) is 7.14. The van der Waals surface area contributed by atoms with Crippen molar-refractivity contribution in [3.63, 3.8) is 0 Å². The number of benzene rings is 6. The van der Waals surface area contributed by atoms with Gasteiger partial charge < -0.3 is 14.7 Å². The molecule has 9 rings (SSSR count). The van der Waals surface area contributed by atoms with Crippen LogP contribution in [0.3, 0.4) is 0 Å². The Labute approximate surface area is 348 Å². The fourth-order valence-electron chi connectivity index (χ4n) is 10.0. The Kier molecular flexibility index (Phi) is 11.4. The Hall–Kier alpha value is -5.22. The van der Waals surface area contributed by atoms with Gasteiger partial charge in [-0.15, -0.1) is 0 Å². The van der Waals surface area contributed by atoms with Crippen LogP contribution in [0.2, 0.25) is 0 Å². The summed E-state index contributed by atoms with van der Waals surface area (Å²) < 4.78 is 0. The van der Waals surface area contributed by atoms with Gasteiger partial charge in [-0.2, -0.15) is 0 Å². The van der Waals surface area contributed by atoms with Crippen LogP contribution in [0.1, 0.15) is 115 Å². The Morgan fingerprint density at radius 3 is 0.810 bits per heavy atom. The molecule has 0 atom stereocenters. The molecule has 0 spiro atoms. The van der Waals surface area contributed by atoms with Crippen molar-refractivity contribution in [2.45, 2.75) is 117 Å². The van der Waals surface area contributed by atoms with E-state index in [0.717, 1.165) is 19.3 Å². The summed E-state index contributed by atoms with van der Waals surface area (Å²) in [6.45, 7) is 7.00. The SMILES string of the molecule is CCCCCCc1ccc(N2c3cccc4c3B3c5c2cccc5N(c2ccc(CCCCCC)cc2)c2cccc(c23)N4c2ccc(CCCCCC)cc2)cc1. The van der Waals surface area contributed by atoms with Gasteiger partial charge in [0.15, 0.2) is 0 Å². The van der Waals surface area contributed by atoms with E-state index in [2.05, 4.69) is 163 Å². The van der Waals surface area contributed by atoms with Crippen molar-refractivity contribution in [3.8, 4) is 0 Å². The van der Waals surface area contributed by atoms with Gasteiger partial charge in [0.1, 0.15) is 0 Å². The van der Waals surface area contributed by atoms with E-state index in [1.165, 1.54) is 161 Å². The van der Waals surface area contributed by atoms with Crippen LogP contribution in [0.5, 0.6) is 0 Å². The predicted octanol–water partition coefficient (Wildman–Crippen LogP) is 13.9. The molecule has 4 heteroatoms. The quantitative estimate of drug-likeness (QED) is 0.0637. The summed E-state index contributed by atoms with van der Waals surface area (Å²) in [6.07, 6.45) is 18.9. The maximum Gasteiger partial charge on any atom is 0.257 e. The molecule has 0 radical (unpaired) electrons. The molecule has 0 unspecified atom stereocenters. The first kappa shape index (κ1) is 38.3. The van der Waals surface area contributed by atoms with Crippen molar-refractivity contribution in [1.82, 2.24) is 0 Å². The predicted molar refractivity (Wildman–Crippen MR) is 252 cm³/mol. The lowest BCUT2D eigenvalue weighted by Gasteiger charge is -2.49. The van der Waals surface area contributed by atoms with Gasteiger partial charge >= 0.3 is 0 Å². The first-order chi connectivity index (χ1) is 28.7. The molecule has 0 bridgehead atoms. The molecule has 0 amide bonds. The van der Waals surface area contributed by atoms with E-state index in [1.807, 2.05) is 0 Å². The minimum atomic E-state index is 0.126. The van der Waals surface area contributed by atoms with Crippen LogP contribution in [0.15, 0.2) is 127 Å². The summed E-state index contributed by atoms with van der Waals surface area (Å²) >= 11 is 0. The molecule has 0 fully saturated rings. The zero-order valence-electron chi connectivity index (χ0n) is 35.1. The standard InChI is InChI=1S/C54H60BN3/c1-4-7-10-13-19-40-28-34-43(35-29-40)56-46-22-16-24-48-52(46)55-53-47(56)23-17-25-49(53)58(45-38-32-42(33-39-45)21-15-12-9-6-3)51-27-18-26-50(54(51)55)57(48)44-36-30-41(31-37-44)20-14-11-8-5-2/h16-18,22-39H,4-15,19-21H2,1-3H3. The molecular formula is C54H60BN3. The van der Waals surface area contributed by atoms with Crippen LogP contribution >= 0.6 is 0 Å². The number of unbranched alkanes of at least 4 members (excludes halogenated alkanes) is 9. The largest absolute Gasteiger partial charge is 0.311 e. The highest BCUT2D eigenvalue weighted by molar-refractivity contribution is 7.02. The van der Waals surface area contributed by atoms with Crippen LogP contribution in [0.25, 0.3) is 0 Å². The van der Waals surface area contributed by atoms with Crippen molar-refractivity contribution >= 4 is 74.3 Å². The molecular weight excluding hydrogens is 701 g/mol. The van der Waals surface area contributed by atoms with Crippen LogP contribution in [0.4, 0.5) is 51.2 Å². The lowest BCUT2D eigenvalue weighted by atomic mass is 9.32. The first-order valence-electron chi connectivity index (χ1n) is 22.8. The van der Waals surface area contributed by atoms with Crippen molar-refractivity contribution < 1.29 is 0 Å². The number of rotatable bonds is 18.